The standard InChI is InChI=1S/C19H16N4O5S2/c1-10-17(18(26)27-2)30-19(21-10)22-15(24)6-23-13-5-11(12-8-29-9-20-12)3-4-14(13)28-7-16(23)25/h3-5,8-9H,6-7H2,1-2H3,(H,21,22,24). The van der Waals surface area contributed by atoms with Crippen LogP contribution in [0.5, 0.6) is 5.75 Å². The van der Waals surface area contributed by atoms with Gasteiger partial charge in [0.25, 0.3) is 5.91 Å². The van der Waals surface area contributed by atoms with E-state index in [0.29, 0.717) is 22.0 Å². The molecule has 0 aliphatic carbocycles. The first-order valence-corrected chi connectivity index (χ1v) is 10.5. The summed E-state index contributed by atoms with van der Waals surface area (Å²) in [5.41, 5.74) is 4.27. The van der Waals surface area contributed by atoms with Crippen LogP contribution in [0.15, 0.2) is 29.1 Å². The Morgan fingerprint density at radius 2 is 2.20 bits per heavy atom. The van der Waals surface area contributed by atoms with Crippen LogP contribution in [-0.2, 0) is 14.3 Å². The largest absolute Gasteiger partial charge is 0.482 e. The van der Waals surface area contributed by atoms with Crippen molar-refractivity contribution in [2.24, 2.45) is 0 Å². The normalized spacial score (nSPS) is 12.9. The predicted molar refractivity (Wildman–Crippen MR) is 112 cm³/mol. The number of fused-ring (bicyclic) bond motifs is 1. The number of hydrogen-bond donors (Lipinski definition) is 1. The summed E-state index contributed by atoms with van der Waals surface area (Å²) < 4.78 is 10.2. The fourth-order valence-corrected chi connectivity index (χ4v) is 4.39. The second-order valence-corrected chi connectivity index (χ2v) is 8.02. The Kier molecular flexibility index (Phi) is 5.46. The topological polar surface area (TPSA) is 111 Å². The van der Waals surface area contributed by atoms with E-state index in [2.05, 4.69) is 15.3 Å². The SMILES string of the molecule is COC(=O)c1sc(NC(=O)CN2C(=O)COc3ccc(-c4cscn4)cc32)nc1C. The van der Waals surface area contributed by atoms with Crippen molar-refractivity contribution in [2.75, 3.05) is 30.5 Å². The van der Waals surface area contributed by atoms with Crippen molar-refractivity contribution in [3.8, 4) is 17.0 Å². The highest BCUT2D eigenvalue weighted by atomic mass is 32.1. The fraction of sp³-hybridized carbons (Fsp3) is 0.211. The van der Waals surface area contributed by atoms with Crippen molar-refractivity contribution in [3.05, 3.63) is 39.7 Å². The summed E-state index contributed by atoms with van der Waals surface area (Å²) in [6.07, 6.45) is 0. The second-order valence-electron chi connectivity index (χ2n) is 6.30. The summed E-state index contributed by atoms with van der Waals surface area (Å²) in [5.74, 6) is -0.782. The summed E-state index contributed by atoms with van der Waals surface area (Å²) in [5, 5.41) is 4.79. The van der Waals surface area contributed by atoms with E-state index in [0.717, 1.165) is 22.6 Å². The first-order chi connectivity index (χ1) is 14.5. The highest BCUT2D eigenvalue weighted by molar-refractivity contribution is 7.17. The van der Waals surface area contributed by atoms with Crippen LogP contribution in [0.25, 0.3) is 11.3 Å². The first kappa shape index (κ1) is 20.0. The minimum Gasteiger partial charge on any atom is -0.482 e. The van der Waals surface area contributed by atoms with Gasteiger partial charge in [0, 0.05) is 10.9 Å². The van der Waals surface area contributed by atoms with Crippen LogP contribution in [0.4, 0.5) is 10.8 Å². The van der Waals surface area contributed by atoms with Crippen LogP contribution in [0.3, 0.4) is 0 Å². The lowest BCUT2D eigenvalue weighted by atomic mass is 10.1. The van der Waals surface area contributed by atoms with Gasteiger partial charge in [-0.25, -0.2) is 14.8 Å². The van der Waals surface area contributed by atoms with Crippen molar-refractivity contribution in [3.63, 3.8) is 0 Å². The highest BCUT2D eigenvalue weighted by Crippen LogP contribution is 2.36. The van der Waals surface area contributed by atoms with E-state index >= 15 is 0 Å². The van der Waals surface area contributed by atoms with Crippen molar-refractivity contribution in [1.29, 1.82) is 0 Å². The average molecular weight is 444 g/mol. The van der Waals surface area contributed by atoms with Gasteiger partial charge >= 0.3 is 5.97 Å². The smallest absolute Gasteiger partial charge is 0.350 e. The van der Waals surface area contributed by atoms with Crippen LogP contribution in [0.1, 0.15) is 15.4 Å². The Hall–Kier alpha value is -3.31. The van der Waals surface area contributed by atoms with E-state index in [1.807, 2.05) is 11.4 Å². The number of esters is 1. The lowest BCUT2D eigenvalue weighted by Crippen LogP contribution is -2.43. The summed E-state index contributed by atoms with van der Waals surface area (Å²) in [6.45, 7) is 1.28. The van der Waals surface area contributed by atoms with Gasteiger partial charge in [-0.1, -0.05) is 11.3 Å². The zero-order valence-electron chi connectivity index (χ0n) is 16.0. The first-order valence-electron chi connectivity index (χ1n) is 8.77. The van der Waals surface area contributed by atoms with Crippen molar-refractivity contribution < 1.29 is 23.9 Å². The minimum absolute atomic E-state index is 0.154. The van der Waals surface area contributed by atoms with Crippen molar-refractivity contribution in [2.45, 2.75) is 6.92 Å². The van der Waals surface area contributed by atoms with E-state index in [1.165, 1.54) is 23.3 Å². The number of anilines is 2. The molecule has 11 heteroatoms. The summed E-state index contributed by atoms with van der Waals surface area (Å²) in [6, 6.07) is 5.39. The summed E-state index contributed by atoms with van der Waals surface area (Å²) >= 11 is 2.48. The molecule has 0 radical (unpaired) electrons. The van der Waals surface area contributed by atoms with E-state index in [4.69, 9.17) is 9.47 Å². The van der Waals surface area contributed by atoms with E-state index < -0.39 is 11.9 Å². The van der Waals surface area contributed by atoms with Gasteiger partial charge in [-0.3, -0.25) is 14.5 Å². The number of hydrogen-bond acceptors (Lipinski definition) is 9. The number of methoxy groups -OCH3 is 1. The molecule has 0 spiro atoms. The molecule has 2 aromatic heterocycles. The number of ether oxygens (including phenoxy) is 2. The lowest BCUT2D eigenvalue weighted by Gasteiger charge is -2.29. The number of nitrogens with zero attached hydrogens (tertiary/aromatic N) is 3. The van der Waals surface area contributed by atoms with Crippen molar-refractivity contribution >= 4 is 51.3 Å². The van der Waals surface area contributed by atoms with Crippen LogP contribution in [0.2, 0.25) is 0 Å². The zero-order chi connectivity index (χ0) is 21.3. The Morgan fingerprint density at radius 1 is 1.37 bits per heavy atom. The number of carbonyl (C=O) groups excluding carboxylic acids is 3. The molecule has 0 atom stereocenters. The van der Waals surface area contributed by atoms with Gasteiger partial charge in [0.05, 0.1) is 29.7 Å². The third-order valence-electron chi connectivity index (χ3n) is 4.35. The average Bonchev–Trinajstić information content (AvgIpc) is 3.39. The second kappa shape index (κ2) is 8.20. The highest BCUT2D eigenvalue weighted by Gasteiger charge is 2.28. The number of amides is 2. The maximum absolute atomic E-state index is 12.6. The van der Waals surface area contributed by atoms with E-state index in [-0.39, 0.29) is 24.2 Å². The van der Waals surface area contributed by atoms with E-state index in [1.54, 1.807) is 24.6 Å². The molecule has 3 heterocycles. The molecular formula is C19H16N4O5S2. The number of thiazole rings is 2. The molecule has 4 rings (SSSR count). The molecule has 30 heavy (non-hydrogen) atoms. The maximum atomic E-state index is 12.6. The number of rotatable bonds is 5. The quantitative estimate of drug-likeness (QED) is 0.603. The molecule has 0 bridgehead atoms. The van der Waals surface area contributed by atoms with Gasteiger partial charge in [-0.05, 0) is 25.1 Å². The lowest BCUT2D eigenvalue weighted by molar-refractivity contribution is -0.123. The number of aryl methyl sites for hydroxylation is 1. The van der Waals surface area contributed by atoms with Gasteiger partial charge in [0.1, 0.15) is 17.2 Å². The minimum atomic E-state index is -0.516. The molecule has 0 unspecified atom stereocenters. The maximum Gasteiger partial charge on any atom is 0.350 e. The van der Waals surface area contributed by atoms with Gasteiger partial charge < -0.3 is 14.8 Å². The molecule has 1 aliphatic heterocycles. The molecule has 0 saturated heterocycles. The fourth-order valence-electron chi connectivity index (χ4n) is 2.92. The van der Waals surface area contributed by atoms with Crippen molar-refractivity contribution in [1.82, 2.24) is 9.97 Å². The predicted octanol–water partition coefficient (Wildman–Crippen LogP) is 2.73. The van der Waals surface area contributed by atoms with Gasteiger partial charge in [0.15, 0.2) is 11.7 Å². The number of benzene rings is 1. The summed E-state index contributed by atoms with van der Waals surface area (Å²) in [7, 11) is 1.28. The van der Waals surface area contributed by atoms with Crippen LogP contribution in [-0.4, -0.2) is 48.0 Å². The Morgan fingerprint density at radius 3 is 2.93 bits per heavy atom. The zero-order valence-corrected chi connectivity index (χ0v) is 17.6. The molecule has 0 saturated carbocycles. The van der Waals surface area contributed by atoms with Crippen LogP contribution in [0, 0.1) is 6.92 Å². The molecule has 1 aliphatic rings. The van der Waals surface area contributed by atoms with Crippen LogP contribution < -0.4 is 15.0 Å². The van der Waals surface area contributed by atoms with Gasteiger partial charge in [0.2, 0.25) is 5.91 Å². The molecule has 3 aromatic rings. The summed E-state index contributed by atoms with van der Waals surface area (Å²) in [4.78, 5) is 46.9. The molecule has 0 fully saturated rings. The number of nitrogens with one attached hydrogen (secondary N) is 1. The third kappa shape index (κ3) is 3.89. The number of aromatic nitrogens is 2. The van der Waals surface area contributed by atoms with Gasteiger partial charge in [-0.15, -0.1) is 11.3 Å². The molecule has 154 valence electrons. The van der Waals surface area contributed by atoms with E-state index in [9.17, 15) is 14.4 Å². The van der Waals surface area contributed by atoms with Crippen LogP contribution >= 0.6 is 22.7 Å². The third-order valence-corrected chi connectivity index (χ3v) is 5.98. The molecule has 1 N–H and O–H groups in total. The molecule has 1 aromatic carbocycles. The Labute approximate surface area is 179 Å². The molecule has 2 amide bonds. The molecular weight excluding hydrogens is 428 g/mol. The monoisotopic (exact) mass is 444 g/mol. The Bertz CT molecular complexity index is 1130. The number of carbonyl (C=O) groups is 3. The van der Waals surface area contributed by atoms with Gasteiger partial charge in [-0.2, -0.15) is 0 Å². The Balaban J connectivity index is 1.55. The molecule has 9 nitrogen and oxygen atoms in total.